The Morgan fingerprint density at radius 1 is 1.09 bits per heavy atom. The van der Waals surface area contributed by atoms with E-state index in [-0.39, 0.29) is 0 Å². The fourth-order valence-corrected chi connectivity index (χ4v) is 4.97. The van der Waals surface area contributed by atoms with Crippen molar-refractivity contribution in [3.05, 3.63) is 83.6 Å². The first-order valence-electron chi connectivity index (χ1n) is 11.8. The molecule has 0 radical (unpaired) electrons. The molecular weight excluding hydrogens is 453 g/mol. The number of benzene rings is 2. The third-order valence-corrected chi connectivity index (χ3v) is 6.73. The second-order valence-corrected chi connectivity index (χ2v) is 9.51. The highest BCUT2D eigenvalue weighted by Crippen LogP contribution is 2.33. The summed E-state index contributed by atoms with van der Waals surface area (Å²) in [4.78, 5) is 11.8. The Morgan fingerprint density at radius 3 is 2.69 bits per heavy atom. The Labute approximate surface area is 202 Å². The minimum Gasteiger partial charge on any atom is -0.361 e. The third-order valence-electron chi connectivity index (χ3n) is 6.73. The lowest BCUT2D eigenvalue weighted by molar-refractivity contribution is -0.138. The fraction of sp³-hybridized carbons (Fsp3) is 0.385. The van der Waals surface area contributed by atoms with Crippen molar-refractivity contribution in [2.45, 2.75) is 25.7 Å². The molecule has 4 aromatic rings. The average Bonchev–Trinajstić information content (AvgIpc) is 3.45. The van der Waals surface area contributed by atoms with E-state index >= 15 is 0 Å². The number of nitrogens with one attached hydrogen (secondary N) is 1. The monoisotopic (exact) mass is 482 g/mol. The molecular formula is C26H29F3N6. The van der Waals surface area contributed by atoms with Gasteiger partial charge in [-0.15, -0.1) is 0 Å². The number of likely N-dealkylation sites (N-methyl/N-ethyl adjacent to an activating group) is 1. The number of hydrogen-bond donors (Lipinski definition) is 1. The van der Waals surface area contributed by atoms with Gasteiger partial charge in [-0.25, -0.2) is 9.67 Å². The van der Waals surface area contributed by atoms with Gasteiger partial charge in [0, 0.05) is 49.8 Å². The second-order valence-electron chi connectivity index (χ2n) is 9.51. The summed E-state index contributed by atoms with van der Waals surface area (Å²) in [5, 5.41) is 5.41. The van der Waals surface area contributed by atoms with E-state index in [9.17, 15) is 13.2 Å². The van der Waals surface area contributed by atoms with Crippen LogP contribution in [0, 0.1) is 5.92 Å². The van der Waals surface area contributed by atoms with Gasteiger partial charge in [-0.3, -0.25) is 4.90 Å². The number of likely N-dealkylation sites (tertiary alicyclic amines) is 1. The van der Waals surface area contributed by atoms with E-state index in [0.29, 0.717) is 24.6 Å². The van der Waals surface area contributed by atoms with Crippen LogP contribution < -0.4 is 0 Å². The van der Waals surface area contributed by atoms with E-state index in [1.54, 1.807) is 24.8 Å². The Morgan fingerprint density at radius 2 is 1.91 bits per heavy atom. The zero-order chi connectivity index (χ0) is 24.4. The molecule has 0 saturated carbocycles. The van der Waals surface area contributed by atoms with Gasteiger partial charge < -0.3 is 9.88 Å². The molecule has 3 heterocycles. The summed E-state index contributed by atoms with van der Waals surface area (Å²) in [7, 11) is 2.12. The molecule has 1 fully saturated rings. The highest BCUT2D eigenvalue weighted by Gasteiger charge is 2.35. The molecule has 0 spiro atoms. The fourth-order valence-electron chi connectivity index (χ4n) is 4.97. The summed E-state index contributed by atoms with van der Waals surface area (Å²) in [5.41, 5.74) is 3.42. The molecule has 0 unspecified atom stereocenters. The molecule has 6 nitrogen and oxygen atoms in total. The normalized spacial score (nSPS) is 15.2. The van der Waals surface area contributed by atoms with Crippen LogP contribution in [-0.2, 0) is 25.7 Å². The van der Waals surface area contributed by atoms with Gasteiger partial charge in [-0.2, -0.15) is 18.3 Å². The molecule has 1 N–H and O–H groups in total. The molecule has 9 heteroatoms. The minimum absolute atomic E-state index is 0.349. The summed E-state index contributed by atoms with van der Waals surface area (Å²) in [6, 6.07) is 12.3. The smallest absolute Gasteiger partial charge is 0.361 e. The molecule has 2 aromatic carbocycles. The van der Waals surface area contributed by atoms with Crippen LogP contribution in [0.5, 0.6) is 0 Å². The number of aromatic nitrogens is 4. The van der Waals surface area contributed by atoms with Crippen LogP contribution in [0.15, 0.2) is 61.3 Å². The standard InChI is InChI=1S/C26H29F3N6/c1-33(12-20-13-34(14-20)16-22-4-2-3-5-24(22)26(27,28)29)9-8-21-11-31-25-7-6-19(10-23(21)25)15-35-18-30-17-32-35/h2-7,10-11,17-18,20,31H,8-9,12-16H2,1H3. The van der Waals surface area contributed by atoms with Crippen molar-refractivity contribution < 1.29 is 13.2 Å². The SMILES string of the molecule is CN(CCc1c[nH]c2ccc(Cn3cncn3)cc12)CC1CN(Cc2ccccc2C(F)(F)F)C1. The predicted molar refractivity (Wildman–Crippen MR) is 129 cm³/mol. The molecule has 35 heavy (non-hydrogen) atoms. The molecule has 0 bridgehead atoms. The van der Waals surface area contributed by atoms with E-state index in [1.165, 1.54) is 28.6 Å². The maximum Gasteiger partial charge on any atom is 0.416 e. The van der Waals surface area contributed by atoms with Crippen molar-refractivity contribution in [2.24, 2.45) is 5.92 Å². The maximum atomic E-state index is 13.2. The summed E-state index contributed by atoms with van der Waals surface area (Å²) in [6.07, 6.45) is 1.97. The van der Waals surface area contributed by atoms with Gasteiger partial charge in [0.1, 0.15) is 12.7 Å². The number of rotatable bonds is 9. The topological polar surface area (TPSA) is 53.0 Å². The number of hydrogen-bond acceptors (Lipinski definition) is 4. The summed E-state index contributed by atoms with van der Waals surface area (Å²) in [5.74, 6) is 0.482. The van der Waals surface area contributed by atoms with Crippen LogP contribution in [0.1, 0.15) is 22.3 Å². The van der Waals surface area contributed by atoms with Crippen molar-refractivity contribution in [3.63, 3.8) is 0 Å². The van der Waals surface area contributed by atoms with Crippen LogP contribution in [0.25, 0.3) is 10.9 Å². The third kappa shape index (κ3) is 5.57. The molecule has 1 aliphatic heterocycles. The molecule has 0 aliphatic carbocycles. The molecule has 2 aromatic heterocycles. The van der Waals surface area contributed by atoms with Crippen LogP contribution >= 0.6 is 0 Å². The molecule has 1 saturated heterocycles. The lowest BCUT2D eigenvalue weighted by Crippen LogP contribution is -2.50. The van der Waals surface area contributed by atoms with E-state index < -0.39 is 11.7 Å². The van der Waals surface area contributed by atoms with Crippen molar-refractivity contribution in [1.82, 2.24) is 29.5 Å². The van der Waals surface area contributed by atoms with Crippen molar-refractivity contribution in [2.75, 3.05) is 33.2 Å². The largest absolute Gasteiger partial charge is 0.416 e. The van der Waals surface area contributed by atoms with Crippen molar-refractivity contribution in [3.8, 4) is 0 Å². The Kier molecular flexibility index (Phi) is 6.62. The first-order valence-corrected chi connectivity index (χ1v) is 11.8. The Balaban J connectivity index is 1.11. The van der Waals surface area contributed by atoms with Gasteiger partial charge in [0.05, 0.1) is 12.1 Å². The first kappa shape index (κ1) is 23.6. The maximum absolute atomic E-state index is 13.2. The van der Waals surface area contributed by atoms with E-state index in [1.807, 2.05) is 4.68 Å². The summed E-state index contributed by atoms with van der Waals surface area (Å²) in [6.45, 7) is 4.56. The lowest BCUT2D eigenvalue weighted by atomic mass is 9.97. The van der Waals surface area contributed by atoms with Crippen LogP contribution in [-0.4, -0.2) is 62.8 Å². The van der Waals surface area contributed by atoms with Crippen molar-refractivity contribution >= 4 is 10.9 Å². The Hall–Kier alpha value is -3.17. The number of aromatic amines is 1. The van der Waals surface area contributed by atoms with Crippen LogP contribution in [0.2, 0.25) is 0 Å². The highest BCUT2D eigenvalue weighted by atomic mass is 19.4. The predicted octanol–water partition coefficient (Wildman–Crippen LogP) is 4.43. The second kappa shape index (κ2) is 9.83. The number of fused-ring (bicyclic) bond motifs is 1. The number of alkyl halides is 3. The van der Waals surface area contributed by atoms with Crippen molar-refractivity contribution in [1.29, 1.82) is 0 Å². The molecule has 0 amide bonds. The number of H-pyrrole nitrogens is 1. The van der Waals surface area contributed by atoms with Gasteiger partial charge in [0.15, 0.2) is 0 Å². The highest BCUT2D eigenvalue weighted by molar-refractivity contribution is 5.83. The van der Waals surface area contributed by atoms with E-state index in [4.69, 9.17) is 0 Å². The van der Waals surface area contributed by atoms with Crippen LogP contribution in [0.4, 0.5) is 13.2 Å². The molecule has 0 atom stereocenters. The van der Waals surface area contributed by atoms with Gasteiger partial charge in [0.25, 0.3) is 0 Å². The van der Waals surface area contributed by atoms with Gasteiger partial charge >= 0.3 is 6.18 Å². The number of halogens is 3. The lowest BCUT2D eigenvalue weighted by Gasteiger charge is -2.41. The first-order chi connectivity index (χ1) is 16.8. The van der Waals surface area contributed by atoms with Gasteiger partial charge in [0.2, 0.25) is 0 Å². The van der Waals surface area contributed by atoms with Gasteiger partial charge in [-0.05, 0) is 54.3 Å². The molecule has 5 rings (SSSR count). The van der Waals surface area contributed by atoms with E-state index in [2.05, 4.69) is 56.3 Å². The quantitative estimate of drug-likeness (QED) is 0.384. The molecule has 1 aliphatic rings. The average molecular weight is 483 g/mol. The number of nitrogens with zero attached hydrogens (tertiary/aromatic N) is 5. The van der Waals surface area contributed by atoms with Crippen LogP contribution in [0.3, 0.4) is 0 Å². The summed E-state index contributed by atoms with van der Waals surface area (Å²) < 4.78 is 41.5. The van der Waals surface area contributed by atoms with E-state index in [0.717, 1.165) is 38.1 Å². The van der Waals surface area contributed by atoms with Gasteiger partial charge in [-0.1, -0.05) is 24.3 Å². The zero-order valence-electron chi connectivity index (χ0n) is 19.7. The summed E-state index contributed by atoms with van der Waals surface area (Å²) >= 11 is 0. The minimum atomic E-state index is -4.30. The zero-order valence-corrected chi connectivity index (χ0v) is 19.7. The Bertz CT molecular complexity index is 1260. The molecule has 184 valence electrons.